The summed E-state index contributed by atoms with van der Waals surface area (Å²) in [5.41, 5.74) is 1.15. The van der Waals surface area contributed by atoms with E-state index in [0.717, 1.165) is 5.56 Å². The van der Waals surface area contributed by atoms with Gasteiger partial charge >= 0.3 is 0 Å². The van der Waals surface area contributed by atoms with Gasteiger partial charge in [0, 0.05) is 13.1 Å². The molecule has 0 saturated heterocycles. The number of rotatable bonds is 6. The van der Waals surface area contributed by atoms with Gasteiger partial charge in [-0.25, -0.2) is 0 Å². The molecule has 1 aromatic rings. The maximum Gasteiger partial charge on any atom is 0.234 e. The van der Waals surface area contributed by atoms with Gasteiger partial charge in [-0.3, -0.25) is 4.79 Å². The fourth-order valence-electron chi connectivity index (χ4n) is 1.24. The zero-order valence-electron chi connectivity index (χ0n) is 9.07. The molecule has 4 nitrogen and oxygen atoms in total. The van der Waals surface area contributed by atoms with Crippen LogP contribution in [0, 0.1) is 11.3 Å². The Morgan fingerprint density at radius 1 is 1.31 bits per heavy atom. The Hall–Kier alpha value is -1.86. The van der Waals surface area contributed by atoms with E-state index >= 15 is 0 Å². The summed E-state index contributed by atoms with van der Waals surface area (Å²) in [6.07, 6.45) is 0.352. The molecular formula is C12H15N3O. The van der Waals surface area contributed by atoms with E-state index in [-0.39, 0.29) is 12.5 Å². The Bertz CT molecular complexity index is 356. The summed E-state index contributed by atoms with van der Waals surface area (Å²) in [6.45, 7) is 1.37. The Morgan fingerprint density at radius 2 is 2.06 bits per heavy atom. The number of hydrogen-bond donors (Lipinski definition) is 2. The van der Waals surface area contributed by atoms with Crippen LogP contribution in [0.15, 0.2) is 30.3 Å². The Morgan fingerprint density at radius 3 is 2.75 bits per heavy atom. The fourth-order valence-corrected chi connectivity index (χ4v) is 1.24. The van der Waals surface area contributed by atoms with Crippen molar-refractivity contribution in [2.45, 2.75) is 13.0 Å². The molecule has 0 heterocycles. The van der Waals surface area contributed by atoms with Crippen LogP contribution in [0.25, 0.3) is 0 Å². The van der Waals surface area contributed by atoms with Crippen LogP contribution in [0.4, 0.5) is 0 Å². The van der Waals surface area contributed by atoms with Gasteiger partial charge in [0.25, 0.3) is 0 Å². The SMILES string of the molecule is N#CCCNC(=O)CNCc1ccccc1. The molecule has 0 aliphatic rings. The number of nitrogens with one attached hydrogen (secondary N) is 2. The molecule has 0 aromatic heterocycles. The molecule has 0 unspecified atom stereocenters. The first kappa shape index (κ1) is 12.2. The van der Waals surface area contributed by atoms with Crippen LogP contribution in [-0.2, 0) is 11.3 Å². The lowest BCUT2D eigenvalue weighted by Crippen LogP contribution is -2.34. The molecule has 1 aromatic carbocycles. The average molecular weight is 217 g/mol. The van der Waals surface area contributed by atoms with Crippen LogP contribution >= 0.6 is 0 Å². The molecule has 0 atom stereocenters. The molecule has 1 amide bonds. The van der Waals surface area contributed by atoms with E-state index in [4.69, 9.17) is 5.26 Å². The van der Waals surface area contributed by atoms with Gasteiger partial charge in [-0.15, -0.1) is 0 Å². The molecule has 0 spiro atoms. The standard InChI is InChI=1S/C12H15N3O/c13-7-4-8-15-12(16)10-14-9-11-5-2-1-3-6-11/h1-3,5-6,14H,4,8-10H2,(H,15,16). The Kier molecular flexibility index (Phi) is 5.67. The minimum Gasteiger partial charge on any atom is -0.354 e. The third-order valence-corrected chi connectivity index (χ3v) is 2.02. The van der Waals surface area contributed by atoms with Crippen molar-refractivity contribution in [2.75, 3.05) is 13.1 Å². The number of carbonyl (C=O) groups excluding carboxylic acids is 1. The topological polar surface area (TPSA) is 64.9 Å². The van der Waals surface area contributed by atoms with Crippen molar-refractivity contribution in [3.05, 3.63) is 35.9 Å². The van der Waals surface area contributed by atoms with E-state index in [1.54, 1.807) is 0 Å². The zero-order chi connectivity index (χ0) is 11.6. The van der Waals surface area contributed by atoms with Crippen LogP contribution in [-0.4, -0.2) is 19.0 Å². The lowest BCUT2D eigenvalue weighted by atomic mass is 10.2. The van der Waals surface area contributed by atoms with Gasteiger partial charge in [-0.05, 0) is 5.56 Å². The molecule has 4 heteroatoms. The number of amides is 1. The summed E-state index contributed by atoms with van der Waals surface area (Å²) >= 11 is 0. The summed E-state index contributed by atoms with van der Waals surface area (Å²) < 4.78 is 0. The van der Waals surface area contributed by atoms with E-state index in [1.807, 2.05) is 36.4 Å². The maximum atomic E-state index is 11.2. The van der Waals surface area contributed by atoms with Crippen LogP contribution in [0.1, 0.15) is 12.0 Å². The highest BCUT2D eigenvalue weighted by molar-refractivity contribution is 5.77. The third-order valence-electron chi connectivity index (χ3n) is 2.02. The molecule has 0 aliphatic carbocycles. The highest BCUT2D eigenvalue weighted by atomic mass is 16.1. The lowest BCUT2D eigenvalue weighted by molar-refractivity contribution is -0.120. The van der Waals surface area contributed by atoms with Gasteiger partial charge in [-0.1, -0.05) is 30.3 Å². The minimum atomic E-state index is -0.0776. The number of nitrogens with zero attached hydrogens (tertiary/aromatic N) is 1. The normalized spacial score (nSPS) is 9.44. The number of benzene rings is 1. The zero-order valence-corrected chi connectivity index (χ0v) is 9.07. The number of carbonyl (C=O) groups is 1. The van der Waals surface area contributed by atoms with Crippen molar-refractivity contribution in [2.24, 2.45) is 0 Å². The monoisotopic (exact) mass is 217 g/mol. The van der Waals surface area contributed by atoms with Crippen molar-refractivity contribution >= 4 is 5.91 Å². The van der Waals surface area contributed by atoms with Crippen molar-refractivity contribution in [1.29, 1.82) is 5.26 Å². The first-order valence-corrected chi connectivity index (χ1v) is 5.21. The molecule has 0 fully saturated rings. The van der Waals surface area contributed by atoms with Crippen molar-refractivity contribution in [3.8, 4) is 6.07 Å². The average Bonchev–Trinajstić information content (AvgIpc) is 2.31. The number of nitriles is 1. The highest BCUT2D eigenvalue weighted by Gasteiger charge is 1.99. The summed E-state index contributed by atoms with van der Waals surface area (Å²) in [4.78, 5) is 11.2. The van der Waals surface area contributed by atoms with Gasteiger partial charge < -0.3 is 10.6 Å². The first-order valence-electron chi connectivity index (χ1n) is 5.21. The van der Waals surface area contributed by atoms with Gasteiger partial charge in [0.1, 0.15) is 0 Å². The molecule has 2 N–H and O–H groups in total. The highest BCUT2D eigenvalue weighted by Crippen LogP contribution is 1.96. The Labute approximate surface area is 95.3 Å². The van der Waals surface area contributed by atoms with Crippen LogP contribution < -0.4 is 10.6 Å². The Balaban J connectivity index is 2.12. The van der Waals surface area contributed by atoms with E-state index in [1.165, 1.54) is 0 Å². The van der Waals surface area contributed by atoms with Crippen LogP contribution in [0.5, 0.6) is 0 Å². The van der Waals surface area contributed by atoms with Crippen molar-refractivity contribution < 1.29 is 4.79 Å². The minimum absolute atomic E-state index is 0.0776. The molecule has 1 rings (SSSR count). The van der Waals surface area contributed by atoms with E-state index in [0.29, 0.717) is 19.5 Å². The summed E-state index contributed by atoms with van der Waals surface area (Å²) in [7, 11) is 0. The van der Waals surface area contributed by atoms with Crippen molar-refractivity contribution in [1.82, 2.24) is 10.6 Å². The van der Waals surface area contributed by atoms with E-state index in [9.17, 15) is 4.79 Å². The lowest BCUT2D eigenvalue weighted by Gasteiger charge is -2.05. The fraction of sp³-hybridized carbons (Fsp3) is 0.333. The van der Waals surface area contributed by atoms with Crippen molar-refractivity contribution in [3.63, 3.8) is 0 Å². The molecule has 84 valence electrons. The van der Waals surface area contributed by atoms with Gasteiger partial charge in [0.2, 0.25) is 5.91 Å². The van der Waals surface area contributed by atoms with E-state index < -0.39 is 0 Å². The second-order valence-electron chi connectivity index (χ2n) is 3.35. The molecule has 0 radical (unpaired) electrons. The van der Waals surface area contributed by atoms with E-state index in [2.05, 4.69) is 10.6 Å². The molecular weight excluding hydrogens is 202 g/mol. The summed E-state index contributed by atoms with van der Waals surface area (Å²) in [5.74, 6) is -0.0776. The molecule has 0 aliphatic heterocycles. The van der Waals surface area contributed by atoms with Gasteiger partial charge in [-0.2, -0.15) is 5.26 Å². The number of hydrogen-bond acceptors (Lipinski definition) is 3. The molecule has 0 bridgehead atoms. The second-order valence-corrected chi connectivity index (χ2v) is 3.35. The van der Waals surface area contributed by atoms with Gasteiger partial charge in [0.15, 0.2) is 0 Å². The predicted molar refractivity (Wildman–Crippen MR) is 61.4 cm³/mol. The molecule has 16 heavy (non-hydrogen) atoms. The second kappa shape index (κ2) is 7.43. The molecule has 0 saturated carbocycles. The maximum absolute atomic E-state index is 11.2. The smallest absolute Gasteiger partial charge is 0.234 e. The predicted octanol–water partition coefficient (Wildman–Crippen LogP) is 0.806. The summed E-state index contributed by atoms with van der Waals surface area (Å²) in [5, 5.41) is 14.0. The largest absolute Gasteiger partial charge is 0.354 e. The van der Waals surface area contributed by atoms with Crippen LogP contribution in [0.3, 0.4) is 0 Å². The van der Waals surface area contributed by atoms with Gasteiger partial charge in [0.05, 0.1) is 19.0 Å². The first-order chi connectivity index (χ1) is 7.83. The third kappa shape index (κ3) is 5.13. The summed E-state index contributed by atoms with van der Waals surface area (Å²) in [6, 6.07) is 11.9. The quantitative estimate of drug-likeness (QED) is 0.693. The van der Waals surface area contributed by atoms with Crippen LogP contribution in [0.2, 0.25) is 0 Å².